The van der Waals surface area contributed by atoms with E-state index >= 15 is 0 Å². The number of nitrogens with zero attached hydrogens (tertiary/aromatic N) is 1. The van der Waals surface area contributed by atoms with Gasteiger partial charge in [-0.1, -0.05) is 15.9 Å². The Morgan fingerprint density at radius 2 is 2.00 bits per heavy atom. The molecule has 1 aliphatic heterocycles. The van der Waals surface area contributed by atoms with Crippen molar-refractivity contribution in [1.82, 2.24) is 4.31 Å². The average molecular weight is 268 g/mol. The lowest BCUT2D eigenvalue weighted by Gasteiger charge is -2.22. The molecule has 2 fully saturated rings. The molecular formula is C8H14BrNO2S. The first kappa shape index (κ1) is 9.93. The molecule has 1 heterocycles. The summed E-state index contributed by atoms with van der Waals surface area (Å²) in [5.74, 6) is 0. The fourth-order valence-corrected chi connectivity index (χ4v) is 4.81. The van der Waals surface area contributed by atoms with Crippen LogP contribution in [0.3, 0.4) is 0 Å². The van der Waals surface area contributed by atoms with Gasteiger partial charge in [0.15, 0.2) is 0 Å². The quantitative estimate of drug-likeness (QED) is 0.724. The molecular weight excluding hydrogens is 254 g/mol. The Morgan fingerprint density at radius 1 is 1.31 bits per heavy atom. The standard InChI is InChI=1S/C8H14BrNO2S/c9-6-7-2-1-5-10(7)13(11,12)8-3-4-8/h7-8H,1-6H2. The van der Waals surface area contributed by atoms with Crippen LogP contribution in [0.2, 0.25) is 0 Å². The van der Waals surface area contributed by atoms with Gasteiger partial charge in [0.1, 0.15) is 0 Å². The van der Waals surface area contributed by atoms with Gasteiger partial charge in [0.05, 0.1) is 5.25 Å². The molecule has 5 heteroatoms. The molecule has 0 N–H and O–H groups in total. The summed E-state index contributed by atoms with van der Waals surface area (Å²) in [5, 5.41) is 0.728. The van der Waals surface area contributed by atoms with Gasteiger partial charge in [0.25, 0.3) is 0 Å². The number of sulfonamides is 1. The molecule has 76 valence electrons. The Labute approximate surface area is 87.7 Å². The van der Waals surface area contributed by atoms with Crippen LogP contribution in [0.1, 0.15) is 25.7 Å². The molecule has 3 nitrogen and oxygen atoms in total. The summed E-state index contributed by atoms with van der Waals surface area (Å²) in [6.45, 7) is 0.731. The van der Waals surface area contributed by atoms with Gasteiger partial charge in [-0.15, -0.1) is 0 Å². The van der Waals surface area contributed by atoms with Crippen LogP contribution < -0.4 is 0 Å². The zero-order valence-electron chi connectivity index (χ0n) is 7.45. The third-order valence-electron chi connectivity index (χ3n) is 2.77. The van der Waals surface area contributed by atoms with Crippen LogP contribution >= 0.6 is 15.9 Å². The molecule has 0 spiro atoms. The maximum absolute atomic E-state index is 11.9. The summed E-state index contributed by atoms with van der Waals surface area (Å²) in [6, 6.07) is 0.214. The highest BCUT2D eigenvalue weighted by atomic mass is 79.9. The fourth-order valence-electron chi connectivity index (χ4n) is 1.86. The molecule has 1 unspecified atom stereocenters. The lowest BCUT2D eigenvalue weighted by Crippen LogP contribution is -2.38. The monoisotopic (exact) mass is 267 g/mol. The zero-order valence-corrected chi connectivity index (χ0v) is 9.85. The van der Waals surface area contributed by atoms with E-state index < -0.39 is 10.0 Å². The van der Waals surface area contributed by atoms with Crippen molar-refractivity contribution in [3.63, 3.8) is 0 Å². The summed E-state index contributed by atoms with van der Waals surface area (Å²) < 4.78 is 25.4. The number of hydrogen-bond donors (Lipinski definition) is 0. The van der Waals surface area contributed by atoms with Crippen molar-refractivity contribution in [2.24, 2.45) is 0 Å². The van der Waals surface area contributed by atoms with Crippen LogP contribution in [0.15, 0.2) is 0 Å². The lowest BCUT2D eigenvalue weighted by molar-refractivity contribution is 0.413. The Balaban J connectivity index is 2.14. The molecule has 1 aliphatic carbocycles. The van der Waals surface area contributed by atoms with E-state index in [0.717, 1.165) is 37.6 Å². The van der Waals surface area contributed by atoms with E-state index in [-0.39, 0.29) is 11.3 Å². The van der Waals surface area contributed by atoms with E-state index in [1.165, 1.54) is 0 Å². The van der Waals surface area contributed by atoms with Gasteiger partial charge < -0.3 is 0 Å². The molecule has 2 aliphatic rings. The van der Waals surface area contributed by atoms with E-state index in [4.69, 9.17) is 0 Å². The molecule has 0 radical (unpaired) electrons. The third-order valence-corrected chi connectivity index (χ3v) is 5.97. The van der Waals surface area contributed by atoms with Gasteiger partial charge >= 0.3 is 0 Å². The Hall–Kier alpha value is 0.390. The van der Waals surface area contributed by atoms with Gasteiger partial charge in [0, 0.05) is 17.9 Å². The van der Waals surface area contributed by atoms with Gasteiger partial charge in [-0.3, -0.25) is 0 Å². The van der Waals surface area contributed by atoms with Crippen molar-refractivity contribution in [2.45, 2.75) is 37.0 Å². The van der Waals surface area contributed by atoms with Crippen LogP contribution in [0.5, 0.6) is 0 Å². The third kappa shape index (κ3) is 1.78. The van der Waals surface area contributed by atoms with Crippen LogP contribution in [0.4, 0.5) is 0 Å². The SMILES string of the molecule is O=S(=O)(C1CC1)N1CCCC1CBr. The number of hydrogen-bond acceptors (Lipinski definition) is 2. The summed E-state index contributed by atoms with van der Waals surface area (Å²) in [4.78, 5) is 0. The second kappa shape index (κ2) is 3.51. The van der Waals surface area contributed by atoms with Crippen molar-refractivity contribution in [3.8, 4) is 0 Å². The Bertz CT molecular complexity index is 287. The van der Waals surface area contributed by atoms with Gasteiger partial charge in [-0.05, 0) is 25.7 Å². The molecule has 0 bridgehead atoms. The zero-order chi connectivity index (χ0) is 9.47. The minimum absolute atomic E-state index is 0.0489. The van der Waals surface area contributed by atoms with Crippen molar-refractivity contribution in [3.05, 3.63) is 0 Å². The van der Waals surface area contributed by atoms with Crippen LogP contribution in [-0.4, -0.2) is 35.9 Å². The number of alkyl halides is 1. The van der Waals surface area contributed by atoms with Crippen molar-refractivity contribution >= 4 is 26.0 Å². The van der Waals surface area contributed by atoms with Gasteiger partial charge in [-0.25, -0.2) is 8.42 Å². The van der Waals surface area contributed by atoms with E-state index in [1.54, 1.807) is 4.31 Å². The Morgan fingerprint density at radius 3 is 2.54 bits per heavy atom. The molecule has 2 rings (SSSR count). The lowest BCUT2D eigenvalue weighted by atomic mass is 10.3. The van der Waals surface area contributed by atoms with Gasteiger partial charge in [0.2, 0.25) is 10.0 Å². The van der Waals surface area contributed by atoms with Crippen LogP contribution in [0, 0.1) is 0 Å². The fraction of sp³-hybridized carbons (Fsp3) is 1.00. The van der Waals surface area contributed by atoms with Crippen LogP contribution in [0.25, 0.3) is 0 Å². The molecule has 1 saturated carbocycles. The van der Waals surface area contributed by atoms with Crippen molar-refractivity contribution in [2.75, 3.05) is 11.9 Å². The minimum atomic E-state index is -2.92. The van der Waals surface area contributed by atoms with E-state index in [1.807, 2.05) is 0 Å². The molecule has 0 aromatic rings. The summed E-state index contributed by atoms with van der Waals surface area (Å²) in [6.07, 6.45) is 3.76. The summed E-state index contributed by atoms with van der Waals surface area (Å²) in [5.41, 5.74) is 0. The second-order valence-corrected chi connectivity index (χ2v) is 6.62. The molecule has 0 aromatic carbocycles. The van der Waals surface area contributed by atoms with Crippen molar-refractivity contribution < 1.29 is 8.42 Å². The maximum Gasteiger partial charge on any atom is 0.217 e. The number of rotatable bonds is 3. The topological polar surface area (TPSA) is 37.4 Å². The molecule has 1 atom stereocenters. The van der Waals surface area contributed by atoms with Crippen LogP contribution in [-0.2, 0) is 10.0 Å². The first-order valence-corrected chi connectivity index (χ1v) is 7.35. The molecule has 0 amide bonds. The number of halogens is 1. The highest BCUT2D eigenvalue weighted by Crippen LogP contribution is 2.34. The van der Waals surface area contributed by atoms with Gasteiger partial charge in [-0.2, -0.15) is 4.31 Å². The second-order valence-electron chi connectivity index (χ2n) is 3.81. The first-order valence-electron chi connectivity index (χ1n) is 4.73. The predicted octanol–water partition coefficient (Wildman–Crippen LogP) is 1.34. The largest absolute Gasteiger partial charge is 0.217 e. The first-order chi connectivity index (χ1) is 6.16. The average Bonchev–Trinajstić information content (AvgIpc) is 2.84. The van der Waals surface area contributed by atoms with Crippen molar-refractivity contribution in [1.29, 1.82) is 0 Å². The summed E-state index contributed by atoms with van der Waals surface area (Å²) in [7, 11) is -2.92. The summed E-state index contributed by atoms with van der Waals surface area (Å²) >= 11 is 3.37. The molecule has 0 aromatic heterocycles. The van der Waals surface area contributed by atoms with E-state index in [9.17, 15) is 8.42 Å². The normalized spacial score (nSPS) is 31.0. The predicted molar refractivity (Wildman–Crippen MR) is 55.5 cm³/mol. The maximum atomic E-state index is 11.9. The highest BCUT2D eigenvalue weighted by Gasteiger charge is 2.43. The highest BCUT2D eigenvalue weighted by molar-refractivity contribution is 9.09. The Kier molecular flexibility index (Phi) is 2.68. The minimum Gasteiger partial charge on any atom is -0.212 e. The van der Waals surface area contributed by atoms with E-state index in [0.29, 0.717) is 0 Å². The molecule has 13 heavy (non-hydrogen) atoms. The van der Waals surface area contributed by atoms with E-state index in [2.05, 4.69) is 15.9 Å². The smallest absolute Gasteiger partial charge is 0.212 e. The molecule has 1 saturated heterocycles.